The van der Waals surface area contributed by atoms with Gasteiger partial charge in [-0.05, 0) is 41.3 Å². The molecule has 0 bridgehead atoms. The van der Waals surface area contributed by atoms with Crippen LogP contribution in [-0.4, -0.2) is 17.9 Å². The summed E-state index contributed by atoms with van der Waals surface area (Å²) in [5.41, 5.74) is 4.45. The number of benzene rings is 2. The fourth-order valence-corrected chi connectivity index (χ4v) is 2.87. The van der Waals surface area contributed by atoms with E-state index < -0.39 is 0 Å². The first kappa shape index (κ1) is 17.1. The molecule has 0 spiro atoms. The van der Waals surface area contributed by atoms with Gasteiger partial charge in [-0.25, -0.2) is 0 Å². The zero-order valence-electron chi connectivity index (χ0n) is 14.4. The van der Waals surface area contributed by atoms with Crippen LogP contribution in [0.5, 0.6) is 5.75 Å². The van der Waals surface area contributed by atoms with Gasteiger partial charge < -0.3 is 9.64 Å². The van der Waals surface area contributed by atoms with Gasteiger partial charge in [-0.3, -0.25) is 4.79 Å². The van der Waals surface area contributed by atoms with Gasteiger partial charge in [0, 0.05) is 18.7 Å². The van der Waals surface area contributed by atoms with E-state index in [2.05, 4.69) is 13.0 Å². The molecule has 0 fully saturated rings. The van der Waals surface area contributed by atoms with E-state index in [1.54, 1.807) is 7.11 Å². The Hall–Kier alpha value is -2.29. The summed E-state index contributed by atoms with van der Waals surface area (Å²) in [7, 11) is 1.65. The van der Waals surface area contributed by atoms with Crippen molar-refractivity contribution in [3.63, 3.8) is 0 Å². The van der Waals surface area contributed by atoms with Gasteiger partial charge in [0.25, 0.3) is 5.91 Å². The quantitative estimate of drug-likeness (QED) is 0.835. The molecule has 122 valence electrons. The molecular weight excluding hydrogens is 286 g/mol. The third-order valence-electron chi connectivity index (χ3n) is 4.05. The third-order valence-corrected chi connectivity index (χ3v) is 4.05. The van der Waals surface area contributed by atoms with Crippen molar-refractivity contribution in [3.8, 4) is 5.75 Å². The first-order valence-electron chi connectivity index (χ1n) is 8.26. The highest BCUT2D eigenvalue weighted by atomic mass is 16.5. The predicted molar refractivity (Wildman–Crippen MR) is 93.7 cm³/mol. The van der Waals surface area contributed by atoms with E-state index in [1.165, 1.54) is 11.1 Å². The number of hydrogen-bond donors (Lipinski definition) is 0. The molecule has 0 aromatic heterocycles. The van der Waals surface area contributed by atoms with E-state index >= 15 is 0 Å². The molecule has 3 rings (SSSR count). The lowest BCUT2D eigenvalue weighted by atomic mass is 10.0. The summed E-state index contributed by atoms with van der Waals surface area (Å²) in [6.07, 6.45) is 0.965. The van der Waals surface area contributed by atoms with Crippen molar-refractivity contribution in [1.82, 2.24) is 4.90 Å². The fraction of sp³-hybridized carbons (Fsp3) is 0.350. The van der Waals surface area contributed by atoms with E-state index in [-0.39, 0.29) is 5.91 Å². The molecule has 2 aromatic carbocycles. The highest BCUT2D eigenvalue weighted by molar-refractivity contribution is 5.98. The molecule has 23 heavy (non-hydrogen) atoms. The SMILES string of the molecule is CC.CCc1cccc2c1CN(Cc1ccc(OC)cc1)C2=O. The second-order valence-corrected chi connectivity index (χ2v) is 5.31. The van der Waals surface area contributed by atoms with E-state index in [1.807, 2.05) is 55.1 Å². The lowest BCUT2D eigenvalue weighted by molar-refractivity contribution is 0.0766. The summed E-state index contributed by atoms with van der Waals surface area (Å²) in [6.45, 7) is 7.48. The lowest BCUT2D eigenvalue weighted by Gasteiger charge is -2.16. The molecular formula is C20H25NO2. The summed E-state index contributed by atoms with van der Waals surface area (Å²) < 4.78 is 5.16. The second-order valence-electron chi connectivity index (χ2n) is 5.31. The molecule has 3 heteroatoms. The third kappa shape index (κ3) is 3.55. The fourth-order valence-electron chi connectivity index (χ4n) is 2.87. The molecule has 0 atom stereocenters. The van der Waals surface area contributed by atoms with Crippen molar-refractivity contribution < 1.29 is 9.53 Å². The molecule has 0 saturated heterocycles. The summed E-state index contributed by atoms with van der Waals surface area (Å²) in [4.78, 5) is 14.4. The number of aryl methyl sites for hydroxylation is 1. The zero-order valence-corrected chi connectivity index (χ0v) is 14.4. The largest absolute Gasteiger partial charge is 0.497 e. The Morgan fingerprint density at radius 3 is 2.39 bits per heavy atom. The molecule has 1 heterocycles. The summed E-state index contributed by atoms with van der Waals surface area (Å²) in [5.74, 6) is 0.971. The number of amides is 1. The maximum absolute atomic E-state index is 12.5. The Bertz CT molecular complexity index is 662. The Balaban J connectivity index is 0.000000924. The molecule has 0 unspecified atom stereocenters. The normalized spacial score (nSPS) is 12.5. The van der Waals surface area contributed by atoms with Crippen LogP contribution in [0.1, 0.15) is 47.8 Å². The first-order valence-corrected chi connectivity index (χ1v) is 8.26. The molecule has 2 aromatic rings. The monoisotopic (exact) mass is 311 g/mol. The molecule has 3 nitrogen and oxygen atoms in total. The van der Waals surface area contributed by atoms with Crippen LogP contribution in [-0.2, 0) is 19.5 Å². The highest BCUT2D eigenvalue weighted by Gasteiger charge is 2.28. The Labute approximate surface area is 138 Å². The topological polar surface area (TPSA) is 29.5 Å². The summed E-state index contributed by atoms with van der Waals surface area (Å²) in [5, 5.41) is 0. The maximum Gasteiger partial charge on any atom is 0.254 e. The van der Waals surface area contributed by atoms with Crippen LogP contribution in [0, 0.1) is 0 Å². The number of rotatable bonds is 4. The molecule has 0 N–H and O–H groups in total. The van der Waals surface area contributed by atoms with Crippen LogP contribution in [0.2, 0.25) is 0 Å². The number of carbonyl (C=O) groups is 1. The van der Waals surface area contributed by atoms with Gasteiger partial charge in [0.1, 0.15) is 5.75 Å². The van der Waals surface area contributed by atoms with Crippen LogP contribution in [0.15, 0.2) is 42.5 Å². The van der Waals surface area contributed by atoms with Gasteiger partial charge in [0.05, 0.1) is 7.11 Å². The predicted octanol–water partition coefficient (Wildman–Crippen LogP) is 4.44. The van der Waals surface area contributed by atoms with Crippen molar-refractivity contribution in [1.29, 1.82) is 0 Å². The lowest BCUT2D eigenvalue weighted by Crippen LogP contribution is -2.23. The van der Waals surface area contributed by atoms with Crippen LogP contribution in [0.4, 0.5) is 0 Å². The molecule has 0 saturated carbocycles. The number of methoxy groups -OCH3 is 1. The van der Waals surface area contributed by atoms with Gasteiger partial charge >= 0.3 is 0 Å². The zero-order chi connectivity index (χ0) is 16.8. The van der Waals surface area contributed by atoms with Crippen molar-refractivity contribution in [2.75, 3.05) is 7.11 Å². The van der Waals surface area contributed by atoms with Crippen molar-refractivity contribution in [3.05, 3.63) is 64.7 Å². The summed E-state index contributed by atoms with van der Waals surface area (Å²) >= 11 is 0. The van der Waals surface area contributed by atoms with Gasteiger partial charge in [-0.15, -0.1) is 0 Å². The molecule has 1 aliphatic heterocycles. The van der Waals surface area contributed by atoms with Crippen LogP contribution < -0.4 is 4.74 Å². The van der Waals surface area contributed by atoms with Crippen molar-refractivity contribution in [2.45, 2.75) is 40.3 Å². The molecule has 1 aliphatic rings. The Morgan fingerprint density at radius 1 is 1.09 bits per heavy atom. The number of ether oxygens (including phenoxy) is 1. The van der Waals surface area contributed by atoms with Gasteiger partial charge in [-0.2, -0.15) is 0 Å². The van der Waals surface area contributed by atoms with E-state index in [0.29, 0.717) is 13.1 Å². The standard InChI is InChI=1S/C18H19NO2.C2H6/c1-3-14-5-4-6-16-17(14)12-19(18(16)20)11-13-7-9-15(21-2)10-8-13;1-2/h4-10H,3,11-12H2,1-2H3;1-2H3. The smallest absolute Gasteiger partial charge is 0.254 e. The van der Waals surface area contributed by atoms with Gasteiger partial charge in [-0.1, -0.05) is 45.0 Å². The number of fused-ring (bicyclic) bond motifs is 1. The van der Waals surface area contributed by atoms with Crippen molar-refractivity contribution >= 4 is 5.91 Å². The maximum atomic E-state index is 12.5. The minimum absolute atomic E-state index is 0.135. The Kier molecular flexibility index (Phi) is 5.80. The highest BCUT2D eigenvalue weighted by Crippen LogP contribution is 2.28. The van der Waals surface area contributed by atoms with Crippen molar-refractivity contribution in [2.24, 2.45) is 0 Å². The average molecular weight is 311 g/mol. The molecule has 0 radical (unpaired) electrons. The summed E-state index contributed by atoms with van der Waals surface area (Å²) in [6, 6.07) is 13.9. The van der Waals surface area contributed by atoms with Crippen LogP contribution in [0.3, 0.4) is 0 Å². The number of nitrogens with zero attached hydrogens (tertiary/aromatic N) is 1. The minimum atomic E-state index is 0.135. The van der Waals surface area contributed by atoms with Crippen LogP contribution >= 0.6 is 0 Å². The van der Waals surface area contributed by atoms with E-state index in [4.69, 9.17) is 4.74 Å². The van der Waals surface area contributed by atoms with E-state index in [9.17, 15) is 4.79 Å². The number of carbonyl (C=O) groups excluding carboxylic acids is 1. The first-order chi connectivity index (χ1) is 11.2. The van der Waals surface area contributed by atoms with Crippen LogP contribution in [0.25, 0.3) is 0 Å². The molecule has 1 amide bonds. The number of hydrogen-bond acceptors (Lipinski definition) is 2. The van der Waals surface area contributed by atoms with E-state index in [0.717, 1.165) is 23.3 Å². The molecule has 0 aliphatic carbocycles. The van der Waals surface area contributed by atoms with Gasteiger partial charge in [0.15, 0.2) is 0 Å². The average Bonchev–Trinajstić information content (AvgIpc) is 2.93. The minimum Gasteiger partial charge on any atom is -0.497 e. The second kappa shape index (κ2) is 7.82. The van der Waals surface area contributed by atoms with Gasteiger partial charge in [0.2, 0.25) is 0 Å². The Morgan fingerprint density at radius 2 is 1.78 bits per heavy atom.